The Labute approximate surface area is 143 Å². The van der Waals surface area contributed by atoms with E-state index in [1.807, 2.05) is 26.2 Å². The van der Waals surface area contributed by atoms with Crippen LogP contribution < -0.4 is 10.2 Å². The number of nitrogens with one attached hydrogen (secondary N) is 1. The molecule has 0 radical (unpaired) electrons. The number of aryl methyl sites for hydroxylation is 2. The van der Waals surface area contributed by atoms with Gasteiger partial charge in [-0.2, -0.15) is 5.10 Å². The van der Waals surface area contributed by atoms with Gasteiger partial charge >= 0.3 is 0 Å². The summed E-state index contributed by atoms with van der Waals surface area (Å²) in [6, 6.07) is 1.58. The summed E-state index contributed by atoms with van der Waals surface area (Å²) >= 11 is 1.60. The number of carbonyl (C=O) groups is 1. The van der Waals surface area contributed by atoms with E-state index in [4.69, 9.17) is 0 Å². The van der Waals surface area contributed by atoms with Crippen molar-refractivity contribution in [2.45, 2.75) is 25.8 Å². The minimum absolute atomic E-state index is 0.0417. The maximum atomic E-state index is 12.9. The highest BCUT2D eigenvalue weighted by Crippen LogP contribution is 2.30. The van der Waals surface area contributed by atoms with Gasteiger partial charge in [-0.1, -0.05) is 0 Å². The molecule has 1 aliphatic rings. The predicted molar refractivity (Wildman–Crippen MR) is 94.4 cm³/mol. The van der Waals surface area contributed by atoms with Crippen molar-refractivity contribution in [3.05, 3.63) is 29.5 Å². The fourth-order valence-corrected chi connectivity index (χ4v) is 3.98. The molecule has 3 aromatic heterocycles. The molecule has 7 nitrogen and oxygen atoms in total. The lowest BCUT2D eigenvalue weighted by Crippen LogP contribution is -2.48. The Bertz CT molecular complexity index is 901. The van der Waals surface area contributed by atoms with E-state index in [1.165, 1.54) is 0 Å². The van der Waals surface area contributed by atoms with Crippen LogP contribution in [0.1, 0.15) is 18.4 Å². The molecule has 1 fully saturated rings. The zero-order valence-corrected chi connectivity index (χ0v) is 14.4. The average Bonchev–Trinajstić information content (AvgIpc) is 3.17. The van der Waals surface area contributed by atoms with E-state index in [-0.39, 0.29) is 11.9 Å². The molecular formula is C16H18N6OS. The van der Waals surface area contributed by atoms with Gasteiger partial charge < -0.3 is 5.32 Å². The van der Waals surface area contributed by atoms with E-state index in [9.17, 15) is 4.79 Å². The molecule has 24 heavy (non-hydrogen) atoms. The van der Waals surface area contributed by atoms with Crippen molar-refractivity contribution < 1.29 is 4.79 Å². The zero-order valence-electron chi connectivity index (χ0n) is 13.6. The highest BCUT2D eigenvalue weighted by molar-refractivity contribution is 7.18. The first kappa shape index (κ1) is 15.1. The van der Waals surface area contributed by atoms with Crippen molar-refractivity contribution in [2.75, 3.05) is 16.8 Å². The van der Waals surface area contributed by atoms with Crippen LogP contribution in [-0.4, -0.2) is 38.2 Å². The SMILES string of the molecule is Cc1csc2c(NC3CCCN(c4ccn(C)n4)C3=O)ncnc12. The maximum absolute atomic E-state index is 12.9. The highest BCUT2D eigenvalue weighted by Gasteiger charge is 2.31. The van der Waals surface area contributed by atoms with Crippen LogP contribution in [0.15, 0.2) is 24.0 Å². The molecule has 1 saturated heterocycles. The molecule has 1 atom stereocenters. The van der Waals surface area contributed by atoms with Gasteiger partial charge in [-0.25, -0.2) is 9.97 Å². The lowest BCUT2D eigenvalue weighted by Gasteiger charge is -2.31. The van der Waals surface area contributed by atoms with Crippen molar-refractivity contribution in [1.82, 2.24) is 19.7 Å². The predicted octanol–water partition coefficient (Wildman–Crippen LogP) is 2.34. The lowest BCUT2D eigenvalue weighted by atomic mass is 10.0. The zero-order chi connectivity index (χ0) is 16.7. The monoisotopic (exact) mass is 342 g/mol. The van der Waals surface area contributed by atoms with Crippen molar-refractivity contribution in [3.63, 3.8) is 0 Å². The lowest BCUT2D eigenvalue weighted by molar-refractivity contribution is -0.120. The topological polar surface area (TPSA) is 75.9 Å². The minimum atomic E-state index is -0.290. The number of anilines is 2. The summed E-state index contributed by atoms with van der Waals surface area (Å²) in [6.07, 6.45) is 5.12. The highest BCUT2D eigenvalue weighted by atomic mass is 32.1. The second-order valence-corrected chi connectivity index (χ2v) is 6.88. The number of thiophene rings is 1. The van der Waals surface area contributed by atoms with Crippen LogP contribution in [-0.2, 0) is 11.8 Å². The average molecular weight is 342 g/mol. The Morgan fingerprint density at radius 1 is 1.38 bits per heavy atom. The first-order valence-electron chi connectivity index (χ1n) is 7.90. The van der Waals surface area contributed by atoms with Crippen LogP contribution in [0, 0.1) is 6.92 Å². The number of aromatic nitrogens is 4. The number of carbonyl (C=O) groups excluding carboxylic acids is 1. The smallest absolute Gasteiger partial charge is 0.250 e. The molecule has 1 unspecified atom stereocenters. The molecular weight excluding hydrogens is 324 g/mol. The van der Waals surface area contributed by atoms with Crippen LogP contribution in [0.5, 0.6) is 0 Å². The van der Waals surface area contributed by atoms with Crippen molar-refractivity contribution in [1.29, 1.82) is 0 Å². The van der Waals surface area contributed by atoms with Gasteiger partial charge in [0.25, 0.3) is 5.91 Å². The van der Waals surface area contributed by atoms with E-state index in [1.54, 1.807) is 27.2 Å². The molecule has 1 aliphatic heterocycles. The third-order valence-corrected chi connectivity index (χ3v) is 5.35. The van der Waals surface area contributed by atoms with Crippen molar-refractivity contribution >= 4 is 39.1 Å². The molecule has 3 aromatic rings. The summed E-state index contributed by atoms with van der Waals surface area (Å²) in [4.78, 5) is 23.3. The fraction of sp³-hybridized carbons (Fsp3) is 0.375. The van der Waals surface area contributed by atoms with E-state index in [2.05, 4.69) is 25.8 Å². The van der Waals surface area contributed by atoms with Gasteiger partial charge in [-0.05, 0) is 30.7 Å². The van der Waals surface area contributed by atoms with Gasteiger partial charge in [0.05, 0.1) is 10.2 Å². The summed E-state index contributed by atoms with van der Waals surface area (Å²) in [5.74, 6) is 1.48. The third kappa shape index (κ3) is 2.52. The van der Waals surface area contributed by atoms with Gasteiger partial charge in [0, 0.05) is 25.9 Å². The summed E-state index contributed by atoms with van der Waals surface area (Å²) in [6.45, 7) is 2.73. The first-order valence-corrected chi connectivity index (χ1v) is 8.78. The van der Waals surface area contributed by atoms with Gasteiger partial charge in [-0.15, -0.1) is 11.3 Å². The Hall–Kier alpha value is -2.48. The van der Waals surface area contributed by atoms with Gasteiger partial charge in [0.15, 0.2) is 5.82 Å². The minimum Gasteiger partial charge on any atom is -0.357 e. The van der Waals surface area contributed by atoms with E-state index in [0.717, 1.165) is 34.4 Å². The van der Waals surface area contributed by atoms with Gasteiger partial charge in [-0.3, -0.25) is 14.4 Å². The molecule has 0 aliphatic carbocycles. The quantitative estimate of drug-likeness (QED) is 0.791. The molecule has 1 amide bonds. The number of rotatable bonds is 3. The molecule has 4 heterocycles. The Morgan fingerprint density at radius 2 is 2.25 bits per heavy atom. The van der Waals surface area contributed by atoms with Crippen LogP contribution in [0.2, 0.25) is 0 Å². The molecule has 0 saturated carbocycles. The molecule has 0 aromatic carbocycles. The number of nitrogens with zero attached hydrogens (tertiary/aromatic N) is 5. The fourth-order valence-electron chi connectivity index (χ4n) is 3.02. The first-order chi connectivity index (χ1) is 11.6. The van der Waals surface area contributed by atoms with E-state index in [0.29, 0.717) is 12.4 Å². The van der Waals surface area contributed by atoms with Crippen LogP contribution in [0.25, 0.3) is 10.2 Å². The number of hydrogen-bond donors (Lipinski definition) is 1. The number of hydrogen-bond acceptors (Lipinski definition) is 6. The van der Waals surface area contributed by atoms with Gasteiger partial charge in [0.2, 0.25) is 0 Å². The Balaban J connectivity index is 1.60. The van der Waals surface area contributed by atoms with Crippen LogP contribution in [0.4, 0.5) is 11.6 Å². The van der Waals surface area contributed by atoms with E-state index >= 15 is 0 Å². The number of amides is 1. The Kier molecular flexibility index (Phi) is 3.68. The number of piperidine rings is 1. The van der Waals surface area contributed by atoms with Crippen LogP contribution >= 0.6 is 11.3 Å². The van der Waals surface area contributed by atoms with Crippen molar-refractivity contribution in [2.24, 2.45) is 7.05 Å². The second-order valence-electron chi connectivity index (χ2n) is 6.00. The third-order valence-electron chi connectivity index (χ3n) is 4.26. The normalized spacial score (nSPS) is 18.3. The summed E-state index contributed by atoms with van der Waals surface area (Å²) in [7, 11) is 1.85. The summed E-state index contributed by atoms with van der Waals surface area (Å²) < 4.78 is 2.71. The summed E-state index contributed by atoms with van der Waals surface area (Å²) in [5, 5.41) is 9.74. The number of fused-ring (bicyclic) bond motifs is 1. The molecule has 0 bridgehead atoms. The summed E-state index contributed by atoms with van der Waals surface area (Å²) in [5.41, 5.74) is 2.08. The van der Waals surface area contributed by atoms with E-state index < -0.39 is 0 Å². The standard InChI is InChI=1S/C16H18N6OS/c1-10-8-24-14-13(10)17-9-18-15(14)19-11-4-3-6-22(16(11)23)12-5-7-21(2)20-12/h5,7-9,11H,3-4,6H2,1-2H3,(H,17,18,19). The second kappa shape index (κ2) is 5.86. The van der Waals surface area contributed by atoms with Crippen LogP contribution in [0.3, 0.4) is 0 Å². The molecule has 124 valence electrons. The maximum Gasteiger partial charge on any atom is 0.250 e. The largest absolute Gasteiger partial charge is 0.357 e. The van der Waals surface area contributed by atoms with Crippen molar-refractivity contribution in [3.8, 4) is 0 Å². The Morgan fingerprint density at radius 3 is 3.04 bits per heavy atom. The molecule has 8 heteroatoms. The molecule has 0 spiro atoms. The van der Waals surface area contributed by atoms with Gasteiger partial charge in [0.1, 0.15) is 18.2 Å². The molecule has 1 N–H and O–H groups in total. The molecule has 4 rings (SSSR count).